The van der Waals surface area contributed by atoms with Crippen molar-refractivity contribution in [3.63, 3.8) is 0 Å². The molecule has 1 aromatic carbocycles. The first kappa shape index (κ1) is 17.4. The van der Waals surface area contributed by atoms with Crippen LogP contribution in [0.1, 0.15) is 17.3 Å². The maximum atomic E-state index is 12.3. The molecule has 0 radical (unpaired) electrons. The minimum atomic E-state index is -0.663. The predicted octanol–water partition coefficient (Wildman–Crippen LogP) is 1.25. The van der Waals surface area contributed by atoms with Crippen molar-refractivity contribution in [1.82, 2.24) is 10.2 Å². The Kier molecular flexibility index (Phi) is 5.67. The Hall–Kier alpha value is -2.38. The first-order chi connectivity index (χ1) is 12.2. The maximum Gasteiger partial charge on any atom is 0.349 e. The molecule has 0 atom stereocenters. The Morgan fingerprint density at radius 1 is 1.32 bits per heavy atom. The van der Waals surface area contributed by atoms with Crippen LogP contribution in [0.5, 0.6) is 5.75 Å². The second-order valence-electron chi connectivity index (χ2n) is 5.76. The lowest BCUT2D eigenvalue weighted by Gasteiger charge is -2.26. The Morgan fingerprint density at radius 3 is 2.88 bits per heavy atom. The fraction of sp³-hybridized carbons (Fsp3) is 0.444. The van der Waals surface area contributed by atoms with Crippen LogP contribution < -0.4 is 15.7 Å². The summed E-state index contributed by atoms with van der Waals surface area (Å²) in [5.41, 5.74) is -0.300. The summed E-state index contributed by atoms with van der Waals surface area (Å²) in [5.74, 6) is 0.0714. The molecular formula is C18H22N2O5. The van der Waals surface area contributed by atoms with Gasteiger partial charge < -0.3 is 19.2 Å². The van der Waals surface area contributed by atoms with Crippen LogP contribution in [0.2, 0.25) is 0 Å². The van der Waals surface area contributed by atoms with E-state index in [0.29, 0.717) is 43.1 Å². The molecule has 2 aromatic rings. The Bertz CT molecular complexity index is 796. The van der Waals surface area contributed by atoms with Crippen LogP contribution in [0.25, 0.3) is 11.0 Å². The normalized spacial score (nSPS) is 15.2. The van der Waals surface area contributed by atoms with Crippen molar-refractivity contribution in [1.29, 1.82) is 0 Å². The van der Waals surface area contributed by atoms with Gasteiger partial charge in [0.1, 0.15) is 5.56 Å². The number of para-hydroxylation sites is 1. The predicted molar refractivity (Wildman–Crippen MR) is 93.2 cm³/mol. The van der Waals surface area contributed by atoms with Gasteiger partial charge in [-0.15, -0.1) is 0 Å². The Balaban J connectivity index is 1.70. The fourth-order valence-corrected chi connectivity index (χ4v) is 2.79. The SMILES string of the molecule is CCOc1cccc2cc(C(=O)NCCN3CCOCC3)c(=O)oc12. The summed E-state index contributed by atoms with van der Waals surface area (Å²) in [6.45, 7) is 6.65. The number of nitrogens with one attached hydrogen (secondary N) is 1. The number of rotatable bonds is 6. The second-order valence-corrected chi connectivity index (χ2v) is 5.76. The third kappa shape index (κ3) is 4.18. The molecule has 2 heterocycles. The number of fused-ring (bicyclic) bond motifs is 1. The summed E-state index contributed by atoms with van der Waals surface area (Å²) in [5, 5.41) is 3.44. The van der Waals surface area contributed by atoms with Crippen molar-refractivity contribution in [2.75, 3.05) is 46.0 Å². The second kappa shape index (κ2) is 8.13. The van der Waals surface area contributed by atoms with E-state index >= 15 is 0 Å². The van der Waals surface area contributed by atoms with E-state index in [1.165, 1.54) is 0 Å². The van der Waals surface area contributed by atoms with Gasteiger partial charge in [-0.2, -0.15) is 0 Å². The van der Waals surface area contributed by atoms with Crippen LogP contribution in [-0.4, -0.2) is 56.8 Å². The lowest BCUT2D eigenvalue weighted by Crippen LogP contribution is -2.41. The summed E-state index contributed by atoms with van der Waals surface area (Å²) in [4.78, 5) is 26.7. The smallest absolute Gasteiger partial charge is 0.349 e. The zero-order chi connectivity index (χ0) is 17.6. The molecule has 0 saturated carbocycles. The zero-order valence-electron chi connectivity index (χ0n) is 14.2. The van der Waals surface area contributed by atoms with Gasteiger partial charge in [-0.3, -0.25) is 9.69 Å². The van der Waals surface area contributed by atoms with Crippen LogP contribution in [0.4, 0.5) is 0 Å². The highest BCUT2D eigenvalue weighted by molar-refractivity contribution is 5.97. The van der Waals surface area contributed by atoms with Gasteiger partial charge in [-0.25, -0.2) is 4.79 Å². The van der Waals surface area contributed by atoms with E-state index in [-0.39, 0.29) is 5.56 Å². The molecule has 25 heavy (non-hydrogen) atoms. The number of amides is 1. The fourth-order valence-electron chi connectivity index (χ4n) is 2.79. The van der Waals surface area contributed by atoms with Crippen LogP contribution in [0.3, 0.4) is 0 Å². The molecule has 1 N–H and O–H groups in total. The molecular weight excluding hydrogens is 324 g/mol. The van der Waals surface area contributed by atoms with Gasteiger partial charge in [-0.1, -0.05) is 12.1 Å². The molecule has 1 aromatic heterocycles. The van der Waals surface area contributed by atoms with E-state index in [9.17, 15) is 9.59 Å². The van der Waals surface area contributed by atoms with Crippen molar-refractivity contribution in [2.45, 2.75) is 6.92 Å². The van der Waals surface area contributed by atoms with Crippen molar-refractivity contribution >= 4 is 16.9 Å². The molecule has 1 fully saturated rings. The third-order valence-corrected chi connectivity index (χ3v) is 4.09. The standard InChI is InChI=1S/C18H22N2O5/c1-2-24-15-5-3-4-13-12-14(18(22)25-16(13)15)17(21)19-6-7-20-8-10-23-11-9-20/h3-5,12H,2,6-11H2,1H3,(H,19,21). The Morgan fingerprint density at radius 2 is 2.12 bits per heavy atom. The van der Waals surface area contributed by atoms with E-state index in [1.807, 2.05) is 6.92 Å². The molecule has 0 unspecified atom stereocenters. The summed E-state index contributed by atoms with van der Waals surface area (Å²) < 4.78 is 16.1. The number of hydrogen-bond acceptors (Lipinski definition) is 6. The van der Waals surface area contributed by atoms with Crippen molar-refractivity contribution in [3.05, 3.63) is 40.2 Å². The number of ether oxygens (including phenoxy) is 2. The van der Waals surface area contributed by atoms with Gasteiger partial charge >= 0.3 is 5.63 Å². The minimum absolute atomic E-state index is 0.00289. The summed E-state index contributed by atoms with van der Waals surface area (Å²) >= 11 is 0. The number of morpholine rings is 1. The van der Waals surface area contributed by atoms with E-state index in [0.717, 1.165) is 19.6 Å². The third-order valence-electron chi connectivity index (χ3n) is 4.09. The van der Waals surface area contributed by atoms with Crippen LogP contribution in [0.15, 0.2) is 33.5 Å². The molecule has 1 saturated heterocycles. The Labute approximate surface area is 145 Å². The summed E-state index contributed by atoms with van der Waals surface area (Å²) in [6.07, 6.45) is 0. The van der Waals surface area contributed by atoms with Crippen LogP contribution >= 0.6 is 0 Å². The van der Waals surface area contributed by atoms with E-state index in [4.69, 9.17) is 13.9 Å². The topological polar surface area (TPSA) is 81.0 Å². The van der Waals surface area contributed by atoms with Gasteiger partial charge in [0.25, 0.3) is 5.91 Å². The molecule has 1 aliphatic heterocycles. The zero-order valence-corrected chi connectivity index (χ0v) is 14.2. The molecule has 7 nitrogen and oxygen atoms in total. The molecule has 7 heteroatoms. The molecule has 0 bridgehead atoms. The number of hydrogen-bond donors (Lipinski definition) is 1. The molecule has 0 spiro atoms. The van der Waals surface area contributed by atoms with Gasteiger partial charge in [0.15, 0.2) is 11.3 Å². The first-order valence-corrected chi connectivity index (χ1v) is 8.47. The summed E-state index contributed by atoms with van der Waals surface area (Å²) in [6, 6.07) is 6.86. The number of carbonyl (C=O) groups is 1. The van der Waals surface area contributed by atoms with Gasteiger partial charge in [-0.05, 0) is 19.1 Å². The highest BCUT2D eigenvalue weighted by atomic mass is 16.5. The van der Waals surface area contributed by atoms with Gasteiger partial charge in [0, 0.05) is 31.6 Å². The van der Waals surface area contributed by atoms with Crippen molar-refractivity contribution < 1.29 is 18.7 Å². The first-order valence-electron chi connectivity index (χ1n) is 8.47. The van der Waals surface area contributed by atoms with Crippen molar-refractivity contribution in [2.24, 2.45) is 0 Å². The van der Waals surface area contributed by atoms with E-state index in [1.54, 1.807) is 24.3 Å². The molecule has 3 rings (SSSR count). The lowest BCUT2D eigenvalue weighted by molar-refractivity contribution is 0.0383. The minimum Gasteiger partial charge on any atom is -0.490 e. The summed E-state index contributed by atoms with van der Waals surface area (Å²) in [7, 11) is 0. The molecule has 1 aliphatic rings. The average molecular weight is 346 g/mol. The number of nitrogens with zero attached hydrogens (tertiary/aromatic N) is 1. The van der Waals surface area contributed by atoms with E-state index < -0.39 is 11.5 Å². The highest BCUT2D eigenvalue weighted by Gasteiger charge is 2.16. The van der Waals surface area contributed by atoms with Gasteiger partial charge in [0.05, 0.1) is 19.8 Å². The molecule has 134 valence electrons. The van der Waals surface area contributed by atoms with Crippen molar-refractivity contribution in [3.8, 4) is 5.75 Å². The maximum absolute atomic E-state index is 12.3. The van der Waals surface area contributed by atoms with Crippen LogP contribution in [0, 0.1) is 0 Å². The molecule has 1 amide bonds. The lowest BCUT2D eigenvalue weighted by atomic mass is 10.1. The van der Waals surface area contributed by atoms with Crippen LogP contribution in [-0.2, 0) is 4.74 Å². The quantitative estimate of drug-likeness (QED) is 0.793. The van der Waals surface area contributed by atoms with Gasteiger partial charge in [0.2, 0.25) is 0 Å². The monoisotopic (exact) mass is 346 g/mol. The molecule has 0 aliphatic carbocycles. The average Bonchev–Trinajstić information content (AvgIpc) is 2.63. The largest absolute Gasteiger partial charge is 0.490 e. The van der Waals surface area contributed by atoms with E-state index in [2.05, 4.69) is 10.2 Å². The highest BCUT2D eigenvalue weighted by Crippen LogP contribution is 2.24. The number of benzene rings is 1. The number of carbonyl (C=O) groups excluding carboxylic acids is 1.